The summed E-state index contributed by atoms with van der Waals surface area (Å²) < 4.78 is 5.04. The minimum Gasteiger partial charge on any atom is -0.444 e. The van der Waals surface area contributed by atoms with E-state index in [1.165, 1.54) is 0 Å². The molecule has 1 amide bonds. The molecule has 0 aliphatic rings. The second-order valence-electron chi connectivity index (χ2n) is 5.90. The van der Waals surface area contributed by atoms with Crippen LogP contribution in [0.15, 0.2) is 0 Å². The van der Waals surface area contributed by atoms with Crippen molar-refractivity contribution in [2.24, 2.45) is 5.41 Å². The number of alkyl carbamates (subject to hydrolysis) is 1. The standard InChI is InChI=1S/C11H23NO4/c1-10(2,3)7(8(13)14)12-9(15)16-11(4,5)6/h7-8,13-14H,1-6H3,(H,12,15). The zero-order valence-corrected chi connectivity index (χ0v) is 10.9. The molecule has 5 heteroatoms. The second-order valence-corrected chi connectivity index (χ2v) is 5.90. The van der Waals surface area contributed by atoms with E-state index in [9.17, 15) is 15.0 Å². The summed E-state index contributed by atoms with van der Waals surface area (Å²) in [6.07, 6.45) is -2.27. The fraction of sp³-hybridized carbons (Fsp3) is 0.909. The Balaban J connectivity index is 4.49. The molecule has 5 nitrogen and oxygen atoms in total. The first-order valence-corrected chi connectivity index (χ1v) is 5.29. The van der Waals surface area contributed by atoms with E-state index in [0.29, 0.717) is 0 Å². The number of aliphatic hydroxyl groups excluding tert-OH is 1. The van der Waals surface area contributed by atoms with Gasteiger partial charge < -0.3 is 20.3 Å². The van der Waals surface area contributed by atoms with Gasteiger partial charge in [0.15, 0.2) is 6.29 Å². The lowest BCUT2D eigenvalue weighted by Gasteiger charge is -2.33. The molecule has 96 valence electrons. The van der Waals surface area contributed by atoms with Crippen molar-refractivity contribution in [3.8, 4) is 0 Å². The quantitative estimate of drug-likeness (QED) is 0.627. The summed E-state index contributed by atoms with van der Waals surface area (Å²) >= 11 is 0. The van der Waals surface area contributed by atoms with Crippen LogP contribution in [0.25, 0.3) is 0 Å². The zero-order valence-electron chi connectivity index (χ0n) is 10.9. The number of carbonyl (C=O) groups excluding carboxylic acids is 1. The van der Waals surface area contributed by atoms with Crippen molar-refractivity contribution < 1.29 is 19.7 Å². The predicted octanol–water partition coefficient (Wildman–Crippen LogP) is 1.24. The molecule has 0 heterocycles. The summed E-state index contributed by atoms with van der Waals surface area (Å²) in [5.74, 6) is 0. The lowest BCUT2D eigenvalue weighted by Crippen LogP contribution is -2.52. The molecule has 3 N–H and O–H groups in total. The smallest absolute Gasteiger partial charge is 0.408 e. The molecule has 0 bridgehead atoms. The topological polar surface area (TPSA) is 78.8 Å². The molecule has 0 aliphatic heterocycles. The summed E-state index contributed by atoms with van der Waals surface area (Å²) in [7, 11) is 0. The summed E-state index contributed by atoms with van der Waals surface area (Å²) in [6.45, 7) is 10.6. The first kappa shape index (κ1) is 15.2. The number of hydrogen-bond acceptors (Lipinski definition) is 4. The first-order chi connectivity index (χ1) is 6.93. The third kappa shape index (κ3) is 5.92. The van der Waals surface area contributed by atoms with Crippen LogP contribution in [0.2, 0.25) is 0 Å². The molecule has 0 fully saturated rings. The van der Waals surface area contributed by atoms with E-state index >= 15 is 0 Å². The molecular weight excluding hydrogens is 210 g/mol. The molecule has 0 aliphatic carbocycles. The van der Waals surface area contributed by atoms with E-state index in [4.69, 9.17) is 4.74 Å². The molecule has 0 spiro atoms. The van der Waals surface area contributed by atoms with Gasteiger partial charge in [-0.3, -0.25) is 0 Å². The van der Waals surface area contributed by atoms with Gasteiger partial charge in [-0.1, -0.05) is 20.8 Å². The Morgan fingerprint density at radius 2 is 1.56 bits per heavy atom. The van der Waals surface area contributed by atoms with E-state index in [1.54, 1.807) is 41.5 Å². The van der Waals surface area contributed by atoms with Gasteiger partial charge in [0.25, 0.3) is 0 Å². The van der Waals surface area contributed by atoms with Crippen LogP contribution in [0.3, 0.4) is 0 Å². The predicted molar refractivity (Wildman–Crippen MR) is 60.8 cm³/mol. The van der Waals surface area contributed by atoms with Crippen molar-refractivity contribution in [1.82, 2.24) is 5.32 Å². The van der Waals surface area contributed by atoms with Gasteiger partial charge in [0.2, 0.25) is 0 Å². The minimum absolute atomic E-state index is 0.467. The number of nitrogens with one attached hydrogen (secondary N) is 1. The van der Waals surface area contributed by atoms with Crippen LogP contribution >= 0.6 is 0 Å². The zero-order chi connectivity index (χ0) is 13.1. The third-order valence-electron chi connectivity index (χ3n) is 1.90. The Hall–Kier alpha value is -0.810. The van der Waals surface area contributed by atoms with E-state index in [2.05, 4.69) is 5.32 Å². The van der Waals surface area contributed by atoms with Gasteiger partial charge in [-0.15, -0.1) is 0 Å². The number of hydrogen-bond donors (Lipinski definition) is 3. The molecule has 0 saturated carbocycles. The van der Waals surface area contributed by atoms with E-state index in [-0.39, 0.29) is 0 Å². The Morgan fingerprint density at radius 3 is 1.81 bits per heavy atom. The summed E-state index contributed by atoms with van der Waals surface area (Å²) in [5.41, 5.74) is -1.07. The van der Waals surface area contributed by atoms with Gasteiger partial charge in [0.1, 0.15) is 5.60 Å². The molecule has 1 unspecified atom stereocenters. The highest BCUT2D eigenvalue weighted by Gasteiger charge is 2.32. The van der Waals surface area contributed by atoms with E-state index in [0.717, 1.165) is 0 Å². The SMILES string of the molecule is CC(C)(C)OC(=O)NC(C(O)O)C(C)(C)C. The van der Waals surface area contributed by atoms with Gasteiger partial charge in [-0.2, -0.15) is 0 Å². The molecule has 0 rings (SSSR count). The fourth-order valence-corrected chi connectivity index (χ4v) is 1.17. The maximum absolute atomic E-state index is 11.5. The van der Waals surface area contributed by atoms with Gasteiger partial charge in [0.05, 0.1) is 6.04 Å². The summed E-state index contributed by atoms with van der Waals surface area (Å²) in [6, 6.07) is -0.776. The highest BCUT2D eigenvalue weighted by molar-refractivity contribution is 5.68. The number of aliphatic hydroxyl groups is 2. The molecule has 0 radical (unpaired) electrons. The van der Waals surface area contributed by atoms with Crippen molar-refractivity contribution in [3.63, 3.8) is 0 Å². The molecular formula is C11H23NO4. The molecule has 0 saturated heterocycles. The molecule has 1 atom stereocenters. The normalized spacial score (nSPS) is 14.8. The van der Waals surface area contributed by atoms with E-state index in [1.807, 2.05) is 0 Å². The lowest BCUT2D eigenvalue weighted by molar-refractivity contribution is -0.0926. The van der Waals surface area contributed by atoms with Crippen LogP contribution in [0.4, 0.5) is 4.79 Å². The fourth-order valence-electron chi connectivity index (χ4n) is 1.17. The van der Waals surface area contributed by atoms with Gasteiger partial charge in [0, 0.05) is 0 Å². The molecule has 0 aromatic rings. The third-order valence-corrected chi connectivity index (χ3v) is 1.90. The van der Waals surface area contributed by atoms with Crippen LogP contribution in [-0.2, 0) is 4.74 Å². The van der Waals surface area contributed by atoms with Gasteiger partial charge >= 0.3 is 6.09 Å². The number of amides is 1. The van der Waals surface area contributed by atoms with Crippen LogP contribution in [0.1, 0.15) is 41.5 Å². The highest BCUT2D eigenvalue weighted by atomic mass is 16.6. The van der Waals surface area contributed by atoms with Crippen molar-refractivity contribution in [2.75, 3.05) is 0 Å². The van der Waals surface area contributed by atoms with Crippen molar-refractivity contribution >= 4 is 6.09 Å². The Labute approximate surface area is 96.8 Å². The summed E-state index contributed by atoms with van der Waals surface area (Å²) in [5, 5.41) is 20.8. The summed E-state index contributed by atoms with van der Waals surface area (Å²) in [4.78, 5) is 11.5. The largest absolute Gasteiger partial charge is 0.444 e. The second kappa shape index (κ2) is 5.01. The highest BCUT2D eigenvalue weighted by Crippen LogP contribution is 2.21. The number of ether oxygens (including phenoxy) is 1. The van der Waals surface area contributed by atoms with Crippen molar-refractivity contribution in [1.29, 1.82) is 0 Å². The molecule has 0 aromatic carbocycles. The lowest BCUT2D eigenvalue weighted by atomic mass is 9.86. The van der Waals surface area contributed by atoms with Gasteiger partial charge in [-0.05, 0) is 26.2 Å². The van der Waals surface area contributed by atoms with Crippen LogP contribution in [0, 0.1) is 5.41 Å². The Morgan fingerprint density at radius 1 is 1.12 bits per heavy atom. The van der Waals surface area contributed by atoms with Crippen molar-refractivity contribution in [3.05, 3.63) is 0 Å². The number of carbonyl (C=O) groups is 1. The van der Waals surface area contributed by atoms with E-state index < -0.39 is 29.4 Å². The Kier molecular flexibility index (Phi) is 4.76. The number of rotatable bonds is 2. The average Bonchev–Trinajstić information content (AvgIpc) is 1.93. The maximum Gasteiger partial charge on any atom is 0.408 e. The van der Waals surface area contributed by atoms with Crippen molar-refractivity contribution in [2.45, 2.75) is 59.5 Å². The monoisotopic (exact) mass is 233 g/mol. The van der Waals surface area contributed by atoms with Crippen LogP contribution in [-0.4, -0.2) is 34.2 Å². The molecule has 16 heavy (non-hydrogen) atoms. The first-order valence-electron chi connectivity index (χ1n) is 5.29. The van der Waals surface area contributed by atoms with Crippen LogP contribution < -0.4 is 5.32 Å². The molecule has 0 aromatic heterocycles. The average molecular weight is 233 g/mol. The minimum atomic E-state index is -1.62. The Bertz CT molecular complexity index is 237. The van der Waals surface area contributed by atoms with Gasteiger partial charge in [-0.25, -0.2) is 4.79 Å². The maximum atomic E-state index is 11.5. The van der Waals surface area contributed by atoms with Crippen LogP contribution in [0.5, 0.6) is 0 Å².